The van der Waals surface area contributed by atoms with Crippen molar-refractivity contribution in [2.45, 2.75) is 36.1 Å². The molecule has 1 heterocycles. The predicted molar refractivity (Wildman–Crippen MR) is 129 cm³/mol. The summed E-state index contributed by atoms with van der Waals surface area (Å²) in [5, 5.41) is 3.68. The molecule has 32 heavy (non-hydrogen) atoms. The van der Waals surface area contributed by atoms with Crippen molar-refractivity contribution in [2.75, 3.05) is 19.4 Å². The zero-order valence-electron chi connectivity index (χ0n) is 18.5. The number of carbonyl (C=O) groups excluding carboxylic acids is 1. The number of aromatic nitrogens is 2. The molecule has 1 N–H and O–H groups in total. The molecule has 170 valence electrons. The van der Waals surface area contributed by atoms with Crippen LogP contribution in [0.4, 0.5) is 5.69 Å². The molecular weight excluding hydrogens is 468 g/mol. The predicted octanol–water partition coefficient (Wildman–Crippen LogP) is 4.51. The van der Waals surface area contributed by atoms with Crippen LogP contribution in [0.25, 0.3) is 5.69 Å². The maximum atomic E-state index is 12.9. The van der Waals surface area contributed by atoms with E-state index in [1.54, 1.807) is 19.2 Å². The summed E-state index contributed by atoms with van der Waals surface area (Å²) in [6.45, 7) is 5.52. The number of nitrogens with zero attached hydrogens (tertiary/aromatic N) is 3. The third kappa shape index (κ3) is 5.01. The van der Waals surface area contributed by atoms with E-state index in [0.29, 0.717) is 15.9 Å². The summed E-state index contributed by atoms with van der Waals surface area (Å²) < 4.78 is 27.9. The first-order chi connectivity index (χ1) is 15.0. The molecule has 1 atom stereocenters. The number of rotatable bonds is 7. The van der Waals surface area contributed by atoms with Crippen molar-refractivity contribution in [2.24, 2.45) is 0 Å². The van der Waals surface area contributed by atoms with Gasteiger partial charge in [0.1, 0.15) is 0 Å². The fourth-order valence-corrected chi connectivity index (χ4v) is 4.95. The van der Waals surface area contributed by atoms with Crippen LogP contribution < -0.4 is 5.32 Å². The van der Waals surface area contributed by atoms with Crippen LogP contribution in [0.2, 0.25) is 5.02 Å². The van der Waals surface area contributed by atoms with Gasteiger partial charge < -0.3 is 5.32 Å². The first-order valence-electron chi connectivity index (χ1n) is 9.82. The van der Waals surface area contributed by atoms with Gasteiger partial charge in [0.2, 0.25) is 15.9 Å². The van der Waals surface area contributed by atoms with Crippen molar-refractivity contribution in [3.05, 3.63) is 64.9 Å². The van der Waals surface area contributed by atoms with E-state index in [2.05, 4.69) is 10.3 Å². The second-order valence-electron chi connectivity index (χ2n) is 7.48. The van der Waals surface area contributed by atoms with Gasteiger partial charge in [-0.25, -0.2) is 17.7 Å². The molecule has 2 aromatic carbocycles. The van der Waals surface area contributed by atoms with E-state index in [0.717, 1.165) is 21.1 Å². The molecule has 0 saturated carbocycles. The Morgan fingerprint density at radius 3 is 2.62 bits per heavy atom. The second-order valence-corrected chi connectivity index (χ2v) is 11.3. The molecule has 0 spiro atoms. The summed E-state index contributed by atoms with van der Waals surface area (Å²) in [6.07, 6.45) is 3.50. The largest absolute Gasteiger partial charge is 0.325 e. The minimum absolute atomic E-state index is 0.121. The molecule has 0 saturated heterocycles. The number of aryl methyl sites for hydroxylation is 1. The first kappa shape index (κ1) is 24.3. The molecule has 0 unspecified atom stereocenters. The van der Waals surface area contributed by atoms with E-state index >= 15 is 0 Å². The normalized spacial score (nSPS) is 12.7. The molecule has 0 aliphatic heterocycles. The highest BCUT2D eigenvalue weighted by molar-refractivity contribution is 8.00. The van der Waals surface area contributed by atoms with E-state index < -0.39 is 15.3 Å². The lowest BCUT2D eigenvalue weighted by Gasteiger charge is -2.17. The van der Waals surface area contributed by atoms with Crippen LogP contribution in [0.5, 0.6) is 0 Å². The fourth-order valence-electron chi connectivity index (χ4n) is 2.97. The van der Waals surface area contributed by atoms with E-state index in [-0.39, 0.29) is 10.8 Å². The smallest absolute Gasteiger partial charge is 0.242 e. The van der Waals surface area contributed by atoms with Crippen molar-refractivity contribution >= 4 is 45.0 Å². The van der Waals surface area contributed by atoms with Crippen LogP contribution in [-0.2, 0) is 14.8 Å². The van der Waals surface area contributed by atoms with Crippen molar-refractivity contribution in [1.29, 1.82) is 0 Å². The number of halogens is 1. The van der Waals surface area contributed by atoms with Gasteiger partial charge in [-0.3, -0.25) is 9.36 Å². The van der Waals surface area contributed by atoms with Gasteiger partial charge in [-0.15, -0.1) is 0 Å². The third-order valence-electron chi connectivity index (χ3n) is 5.00. The van der Waals surface area contributed by atoms with Gasteiger partial charge in [-0.1, -0.05) is 35.5 Å². The summed E-state index contributed by atoms with van der Waals surface area (Å²) in [5.41, 5.74) is 3.03. The van der Waals surface area contributed by atoms with Crippen LogP contribution in [-0.4, -0.2) is 47.5 Å². The Bertz CT molecular complexity index is 1260. The van der Waals surface area contributed by atoms with E-state index in [1.807, 2.05) is 42.8 Å². The number of sulfonamides is 1. The highest BCUT2D eigenvalue weighted by Gasteiger charge is 2.22. The number of benzene rings is 2. The van der Waals surface area contributed by atoms with E-state index in [4.69, 9.17) is 11.6 Å². The molecule has 0 aliphatic rings. The highest BCUT2D eigenvalue weighted by atomic mass is 35.5. The van der Waals surface area contributed by atoms with Crippen LogP contribution >= 0.6 is 23.4 Å². The molecule has 3 aromatic rings. The molecule has 3 rings (SSSR count). The molecular formula is C22H25ClN4O3S2. The molecule has 1 aromatic heterocycles. The number of thioether (sulfide) groups is 1. The highest BCUT2D eigenvalue weighted by Crippen LogP contribution is 2.29. The van der Waals surface area contributed by atoms with Crippen molar-refractivity contribution in [3.8, 4) is 5.69 Å². The van der Waals surface area contributed by atoms with Crippen LogP contribution in [0.3, 0.4) is 0 Å². The number of hydrogen-bond acceptors (Lipinski definition) is 5. The Morgan fingerprint density at radius 2 is 1.94 bits per heavy atom. The standard InChI is InChI=1S/C22H25ClN4O3S2/c1-14-9-10-17(32(29,30)26(4)5)13-19(14)25-21(28)16(3)31-22-24-11-12-27(22)20-8-6-7-18(23)15(20)2/h6-13,16H,1-5H3,(H,25,28)/t16-/m1/s1. The molecule has 0 fully saturated rings. The number of imidazole rings is 1. The minimum Gasteiger partial charge on any atom is -0.325 e. The molecule has 0 radical (unpaired) electrons. The number of amides is 1. The number of carbonyl (C=O) groups is 1. The zero-order chi connectivity index (χ0) is 23.6. The fraction of sp³-hybridized carbons (Fsp3) is 0.273. The molecule has 1 amide bonds. The monoisotopic (exact) mass is 492 g/mol. The Labute approximate surface area is 197 Å². The van der Waals surface area contributed by atoms with E-state index in [9.17, 15) is 13.2 Å². The number of anilines is 1. The van der Waals surface area contributed by atoms with Crippen molar-refractivity contribution in [1.82, 2.24) is 13.9 Å². The first-order valence-corrected chi connectivity index (χ1v) is 12.5. The Kier molecular flexibility index (Phi) is 7.34. The lowest BCUT2D eigenvalue weighted by Crippen LogP contribution is -2.25. The summed E-state index contributed by atoms with van der Waals surface area (Å²) in [4.78, 5) is 17.4. The van der Waals surface area contributed by atoms with E-state index in [1.165, 1.54) is 38.0 Å². The van der Waals surface area contributed by atoms with Crippen LogP contribution in [0.1, 0.15) is 18.1 Å². The topological polar surface area (TPSA) is 84.3 Å². The van der Waals surface area contributed by atoms with Gasteiger partial charge in [0.25, 0.3) is 0 Å². The minimum atomic E-state index is -3.60. The molecule has 0 aliphatic carbocycles. The van der Waals surface area contributed by atoms with Crippen LogP contribution in [0, 0.1) is 13.8 Å². The van der Waals surface area contributed by atoms with Gasteiger partial charge in [-0.05, 0) is 56.2 Å². The number of nitrogens with one attached hydrogen (secondary N) is 1. The summed E-state index contributed by atoms with van der Waals surface area (Å²) >= 11 is 7.56. The summed E-state index contributed by atoms with van der Waals surface area (Å²) in [6, 6.07) is 10.3. The average molecular weight is 493 g/mol. The zero-order valence-corrected chi connectivity index (χ0v) is 20.8. The number of hydrogen-bond donors (Lipinski definition) is 1. The lowest BCUT2D eigenvalue weighted by atomic mass is 10.2. The molecule has 0 bridgehead atoms. The molecule has 7 nitrogen and oxygen atoms in total. The maximum Gasteiger partial charge on any atom is 0.242 e. The SMILES string of the molecule is Cc1ccc(S(=O)(=O)N(C)C)cc1NC(=O)[C@@H](C)Sc1nccn1-c1cccc(Cl)c1C. The van der Waals surface area contributed by atoms with Gasteiger partial charge in [-0.2, -0.15) is 0 Å². The van der Waals surface area contributed by atoms with Crippen LogP contribution in [0.15, 0.2) is 58.8 Å². The maximum absolute atomic E-state index is 12.9. The van der Waals surface area contributed by atoms with Gasteiger partial charge in [0.15, 0.2) is 5.16 Å². The Morgan fingerprint density at radius 1 is 1.22 bits per heavy atom. The average Bonchev–Trinajstić information content (AvgIpc) is 3.19. The summed E-state index contributed by atoms with van der Waals surface area (Å²) in [5.74, 6) is -0.255. The second kappa shape index (κ2) is 9.66. The van der Waals surface area contributed by atoms with Crippen molar-refractivity contribution in [3.63, 3.8) is 0 Å². The summed E-state index contributed by atoms with van der Waals surface area (Å²) in [7, 11) is -0.668. The Balaban J connectivity index is 1.80. The van der Waals surface area contributed by atoms with Crippen molar-refractivity contribution < 1.29 is 13.2 Å². The third-order valence-corrected chi connectivity index (χ3v) is 8.30. The quantitative estimate of drug-likeness (QED) is 0.490. The van der Waals surface area contributed by atoms with Gasteiger partial charge in [0.05, 0.1) is 15.8 Å². The van der Waals surface area contributed by atoms with Gasteiger partial charge >= 0.3 is 0 Å². The van der Waals surface area contributed by atoms with Gasteiger partial charge in [0, 0.05) is 37.2 Å². The molecule has 10 heteroatoms. The Hall–Kier alpha value is -2.33. The lowest BCUT2D eigenvalue weighted by molar-refractivity contribution is -0.115.